The van der Waals surface area contributed by atoms with Crippen LogP contribution in [0.25, 0.3) is 0 Å². The number of carbonyl (C=O) groups excluding carboxylic acids is 1. The lowest BCUT2D eigenvalue weighted by atomic mass is 10.3. The summed E-state index contributed by atoms with van der Waals surface area (Å²) in [6.07, 6.45) is 3.60. The zero-order chi connectivity index (χ0) is 15.1. The van der Waals surface area contributed by atoms with Gasteiger partial charge in [-0.05, 0) is 19.3 Å². The van der Waals surface area contributed by atoms with Crippen molar-refractivity contribution >= 4 is 23.5 Å². The van der Waals surface area contributed by atoms with Gasteiger partial charge in [0.05, 0.1) is 0 Å². The zero-order valence-electron chi connectivity index (χ0n) is 12.6. The average Bonchev–Trinajstić information content (AvgIpc) is 2.86. The largest absolute Gasteiger partial charge is 0.370 e. The molecule has 0 aliphatic carbocycles. The molecular formula is C14H24N6O. The van der Waals surface area contributed by atoms with Crippen LogP contribution in [0, 0.1) is 0 Å². The van der Waals surface area contributed by atoms with E-state index in [2.05, 4.69) is 27.5 Å². The van der Waals surface area contributed by atoms with Gasteiger partial charge in [-0.2, -0.15) is 9.97 Å². The molecule has 1 aromatic heterocycles. The first-order valence-electron chi connectivity index (χ1n) is 7.59. The molecule has 0 bridgehead atoms. The third-order valence-electron chi connectivity index (χ3n) is 3.38. The number of rotatable bonds is 8. The Balaban J connectivity index is 1.76. The van der Waals surface area contributed by atoms with Crippen LogP contribution in [0.5, 0.6) is 0 Å². The SMILES string of the molecule is CCCNc1cc(NCCCN2CCCC2=O)nc(N)n1. The first kappa shape index (κ1) is 15.3. The maximum Gasteiger partial charge on any atom is 0.223 e. The lowest BCUT2D eigenvalue weighted by Gasteiger charge is -2.15. The van der Waals surface area contributed by atoms with E-state index < -0.39 is 0 Å². The van der Waals surface area contributed by atoms with Crippen molar-refractivity contribution in [3.8, 4) is 0 Å². The number of likely N-dealkylation sites (tertiary alicyclic amines) is 1. The highest BCUT2D eigenvalue weighted by Gasteiger charge is 2.18. The third kappa shape index (κ3) is 4.77. The quantitative estimate of drug-likeness (QED) is 0.625. The number of hydrogen-bond acceptors (Lipinski definition) is 6. The van der Waals surface area contributed by atoms with Crippen LogP contribution in [0.1, 0.15) is 32.6 Å². The van der Waals surface area contributed by atoms with Crippen molar-refractivity contribution in [2.75, 3.05) is 42.5 Å². The Hall–Kier alpha value is -2.05. The normalized spacial score (nSPS) is 14.5. The van der Waals surface area contributed by atoms with E-state index in [0.717, 1.165) is 51.3 Å². The highest BCUT2D eigenvalue weighted by molar-refractivity contribution is 5.78. The standard InChI is InChI=1S/C14H24N6O/c1-2-6-16-11-10-12(19-14(15)18-11)17-7-4-9-20-8-3-5-13(20)21/h10H,2-9H2,1H3,(H4,15,16,17,18,19). The Morgan fingerprint density at radius 2 is 2.00 bits per heavy atom. The van der Waals surface area contributed by atoms with E-state index in [0.29, 0.717) is 12.2 Å². The molecule has 0 saturated carbocycles. The van der Waals surface area contributed by atoms with E-state index in [9.17, 15) is 4.79 Å². The maximum atomic E-state index is 11.5. The fraction of sp³-hybridized carbons (Fsp3) is 0.643. The van der Waals surface area contributed by atoms with Gasteiger partial charge in [0.2, 0.25) is 11.9 Å². The first-order chi connectivity index (χ1) is 10.2. The predicted octanol–water partition coefficient (Wildman–Crippen LogP) is 1.31. The summed E-state index contributed by atoms with van der Waals surface area (Å²) in [7, 11) is 0. The Bertz CT molecular complexity index is 479. The minimum Gasteiger partial charge on any atom is -0.370 e. The Labute approximate surface area is 125 Å². The highest BCUT2D eigenvalue weighted by atomic mass is 16.2. The van der Waals surface area contributed by atoms with Crippen LogP contribution in [0.15, 0.2) is 6.07 Å². The van der Waals surface area contributed by atoms with E-state index in [1.807, 2.05) is 11.0 Å². The summed E-state index contributed by atoms with van der Waals surface area (Å²) in [6.45, 7) is 5.40. The van der Waals surface area contributed by atoms with Crippen molar-refractivity contribution in [1.29, 1.82) is 0 Å². The summed E-state index contributed by atoms with van der Waals surface area (Å²) >= 11 is 0. The summed E-state index contributed by atoms with van der Waals surface area (Å²) in [6, 6.07) is 1.85. The molecule has 0 atom stereocenters. The molecular weight excluding hydrogens is 268 g/mol. The lowest BCUT2D eigenvalue weighted by molar-refractivity contribution is -0.127. The average molecular weight is 292 g/mol. The van der Waals surface area contributed by atoms with E-state index in [1.165, 1.54) is 0 Å². The molecule has 116 valence electrons. The predicted molar refractivity (Wildman–Crippen MR) is 84.1 cm³/mol. The van der Waals surface area contributed by atoms with Crippen molar-refractivity contribution < 1.29 is 4.79 Å². The fourth-order valence-corrected chi connectivity index (χ4v) is 2.33. The number of aromatic nitrogens is 2. The molecule has 1 aromatic rings. The minimum absolute atomic E-state index is 0.258. The van der Waals surface area contributed by atoms with Crippen molar-refractivity contribution in [3.63, 3.8) is 0 Å². The van der Waals surface area contributed by atoms with Crippen LogP contribution in [0.3, 0.4) is 0 Å². The first-order valence-corrected chi connectivity index (χ1v) is 7.59. The summed E-state index contributed by atoms with van der Waals surface area (Å²) in [4.78, 5) is 21.7. The smallest absolute Gasteiger partial charge is 0.223 e. The van der Waals surface area contributed by atoms with Gasteiger partial charge in [0, 0.05) is 38.7 Å². The number of amides is 1. The molecule has 4 N–H and O–H groups in total. The number of hydrogen-bond donors (Lipinski definition) is 3. The monoisotopic (exact) mass is 292 g/mol. The molecule has 1 amide bonds. The van der Waals surface area contributed by atoms with Crippen LogP contribution < -0.4 is 16.4 Å². The van der Waals surface area contributed by atoms with Crippen molar-refractivity contribution in [2.45, 2.75) is 32.6 Å². The van der Waals surface area contributed by atoms with Crippen LogP contribution in [0.4, 0.5) is 17.6 Å². The molecule has 7 nitrogen and oxygen atoms in total. The van der Waals surface area contributed by atoms with Gasteiger partial charge in [0.25, 0.3) is 0 Å². The van der Waals surface area contributed by atoms with E-state index in [4.69, 9.17) is 5.73 Å². The van der Waals surface area contributed by atoms with Gasteiger partial charge < -0.3 is 21.3 Å². The zero-order valence-corrected chi connectivity index (χ0v) is 12.6. The minimum atomic E-state index is 0.258. The molecule has 1 fully saturated rings. The maximum absolute atomic E-state index is 11.5. The number of nitrogens with two attached hydrogens (primary N) is 1. The van der Waals surface area contributed by atoms with Gasteiger partial charge in [0.15, 0.2) is 0 Å². The molecule has 21 heavy (non-hydrogen) atoms. The summed E-state index contributed by atoms with van der Waals surface area (Å²) in [5.74, 6) is 1.98. The summed E-state index contributed by atoms with van der Waals surface area (Å²) in [5, 5.41) is 6.42. The molecule has 0 unspecified atom stereocenters. The number of carbonyl (C=O) groups is 1. The fourth-order valence-electron chi connectivity index (χ4n) is 2.33. The second-order valence-electron chi connectivity index (χ2n) is 5.19. The van der Waals surface area contributed by atoms with Crippen LogP contribution in [-0.4, -0.2) is 47.0 Å². The van der Waals surface area contributed by atoms with Crippen molar-refractivity contribution in [2.24, 2.45) is 0 Å². The van der Waals surface area contributed by atoms with Gasteiger partial charge in [-0.1, -0.05) is 6.92 Å². The lowest BCUT2D eigenvalue weighted by Crippen LogP contribution is -2.27. The molecule has 0 radical (unpaired) electrons. The van der Waals surface area contributed by atoms with Gasteiger partial charge >= 0.3 is 0 Å². The van der Waals surface area contributed by atoms with E-state index in [-0.39, 0.29) is 11.9 Å². The van der Waals surface area contributed by atoms with Crippen molar-refractivity contribution in [1.82, 2.24) is 14.9 Å². The number of anilines is 3. The van der Waals surface area contributed by atoms with Gasteiger partial charge in [-0.3, -0.25) is 4.79 Å². The molecule has 7 heteroatoms. The molecule has 2 rings (SSSR count). The molecule has 2 heterocycles. The van der Waals surface area contributed by atoms with E-state index in [1.54, 1.807) is 0 Å². The topological polar surface area (TPSA) is 96.2 Å². The molecule has 1 aliphatic rings. The van der Waals surface area contributed by atoms with Gasteiger partial charge in [-0.15, -0.1) is 0 Å². The summed E-state index contributed by atoms with van der Waals surface area (Å²) in [5.41, 5.74) is 5.70. The van der Waals surface area contributed by atoms with Crippen molar-refractivity contribution in [3.05, 3.63) is 6.07 Å². The second kappa shape index (κ2) is 7.66. The van der Waals surface area contributed by atoms with Gasteiger partial charge in [0.1, 0.15) is 11.6 Å². The highest BCUT2D eigenvalue weighted by Crippen LogP contribution is 2.13. The van der Waals surface area contributed by atoms with Crippen LogP contribution in [0.2, 0.25) is 0 Å². The molecule has 0 spiro atoms. The number of nitrogen functional groups attached to an aromatic ring is 1. The molecule has 1 saturated heterocycles. The molecule has 1 aliphatic heterocycles. The third-order valence-corrected chi connectivity index (χ3v) is 3.38. The van der Waals surface area contributed by atoms with E-state index >= 15 is 0 Å². The Morgan fingerprint density at radius 1 is 1.29 bits per heavy atom. The number of nitrogens with zero attached hydrogens (tertiary/aromatic N) is 3. The Kier molecular flexibility index (Phi) is 5.59. The van der Waals surface area contributed by atoms with Gasteiger partial charge in [-0.25, -0.2) is 0 Å². The second-order valence-corrected chi connectivity index (χ2v) is 5.19. The van der Waals surface area contributed by atoms with Crippen LogP contribution >= 0.6 is 0 Å². The molecule has 0 aromatic carbocycles. The van der Waals surface area contributed by atoms with Crippen LogP contribution in [-0.2, 0) is 4.79 Å². The summed E-state index contributed by atoms with van der Waals surface area (Å²) < 4.78 is 0. The number of nitrogens with one attached hydrogen (secondary N) is 2. The Morgan fingerprint density at radius 3 is 2.62 bits per heavy atom.